The highest BCUT2D eigenvalue weighted by Gasteiger charge is 2.16. The van der Waals surface area contributed by atoms with Crippen molar-refractivity contribution < 1.29 is 4.74 Å². The average Bonchev–Trinajstić information content (AvgIpc) is 3.08. The van der Waals surface area contributed by atoms with Crippen LogP contribution in [0.4, 0.5) is 0 Å². The summed E-state index contributed by atoms with van der Waals surface area (Å²) in [6.07, 6.45) is 5.65. The van der Waals surface area contributed by atoms with Crippen LogP contribution < -0.4 is 0 Å². The predicted octanol–water partition coefficient (Wildman–Crippen LogP) is 3.48. The van der Waals surface area contributed by atoms with Gasteiger partial charge in [-0.15, -0.1) is 5.10 Å². The van der Waals surface area contributed by atoms with Crippen LogP contribution in [0.2, 0.25) is 0 Å². The summed E-state index contributed by atoms with van der Waals surface area (Å²) in [5.41, 5.74) is 12.1. The molecule has 1 aromatic heterocycles. The average molecular weight is 336 g/mol. The lowest BCUT2D eigenvalue weighted by molar-refractivity contribution is 0.00370. The summed E-state index contributed by atoms with van der Waals surface area (Å²) in [6, 6.07) is 5.94. The van der Waals surface area contributed by atoms with Gasteiger partial charge in [-0.25, -0.2) is 4.68 Å². The Kier molecular flexibility index (Phi) is 5.68. The highest BCUT2D eigenvalue weighted by atomic mass is 16.5. The van der Waals surface area contributed by atoms with Crippen LogP contribution in [-0.2, 0) is 11.3 Å². The minimum absolute atomic E-state index is 0.175. The Morgan fingerprint density at radius 1 is 1.44 bits per heavy atom. The molecule has 7 nitrogen and oxygen atoms in total. The molecule has 1 atom stereocenters. The zero-order valence-corrected chi connectivity index (χ0v) is 14.2. The quantitative estimate of drug-likeness (QED) is 0.370. The second-order valence-electron chi connectivity index (χ2n) is 6.03. The van der Waals surface area contributed by atoms with Crippen molar-refractivity contribution in [3.8, 4) is 23.1 Å². The van der Waals surface area contributed by atoms with Gasteiger partial charge in [-0.3, -0.25) is 0 Å². The van der Waals surface area contributed by atoms with Gasteiger partial charge in [-0.1, -0.05) is 28.2 Å². The molecule has 0 amide bonds. The Hall–Kier alpha value is -2.81. The number of hydrogen-bond donors (Lipinski definition) is 0. The molecule has 0 radical (unpaired) electrons. The zero-order chi connectivity index (χ0) is 17.5. The number of aryl methyl sites for hydroxylation is 1. The fourth-order valence-electron chi connectivity index (χ4n) is 2.91. The van der Waals surface area contributed by atoms with Crippen molar-refractivity contribution in [2.24, 2.45) is 5.11 Å². The summed E-state index contributed by atoms with van der Waals surface area (Å²) in [7, 11) is 0. The molecule has 25 heavy (non-hydrogen) atoms. The van der Waals surface area contributed by atoms with E-state index in [2.05, 4.69) is 32.2 Å². The molecule has 2 heterocycles. The van der Waals surface area contributed by atoms with Crippen LogP contribution >= 0.6 is 0 Å². The van der Waals surface area contributed by atoms with E-state index in [1.165, 1.54) is 6.42 Å². The van der Waals surface area contributed by atoms with Crippen molar-refractivity contribution in [3.05, 3.63) is 46.0 Å². The first-order valence-electron chi connectivity index (χ1n) is 8.39. The summed E-state index contributed by atoms with van der Waals surface area (Å²) >= 11 is 0. The fourth-order valence-corrected chi connectivity index (χ4v) is 2.91. The molecule has 0 N–H and O–H groups in total. The number of benzene rings is 1. The predicted molar refractivity (Wildman–Crippen MR) is 94.7 cm³/mol. The molecule has 0 bridgehead atoms. The molecule has 0 saturated carbocycles. The van der Waals surface area contributed by atoms with Gasteiger partial charge >= 0.3 is 0 Å². The Labute approximate surface area is 146 Å². The van der Waals surface area contributed by atoms with Gasteiger partial charge in [-0.2, -0.15) is 0 Å². The third kappa shape index (κ3) is 4.60. The third-order valence-electron chi connectivity index (χ3n) is 4.15. The summed E-state index contributed by atoms with van der Waals surface area (Å²) in [6.45, 7) is 3.79. The van der Waals surface area contributed by atoms with Crippen LogP contribution in [0.5, 0.6) is 0 Å². The van der Waals surface area contributed by atoms with Gasteiger partial charge in [0.15, 0.2) is 0 Å². The summed E-state index contributed by atoms with van der Waals surface area (Å²) in [4.78, 5) is 2.68. The lowest BCUT2D eigenvalue weighted by Gasteiger charge is -2.21. The van der Waals surface area contributed by atoms with E-state index in [9.17, 15) is 0 Å². The van der Waals surface area contributed by atoms with Crippen molar-refractivity contribution in [2.45, 2.75) is 38.8 Å². The van der Waals surface area contributed by atoms with Crippen molar-refractivity contribution in [1.29, 1.82) is 0 Å². The van der Waals surface area contributed by atoms with Crippen molar-refractivity contribution in [1.82, 2.24) is 15.0 Å². The largest absolute Gasteiger partial charge is 0.376 e. The highest BCUT2D eigenvalue weighted by molar-refractivity contribution is 5.64. The second-order valence-corrected chi connectivity index (χ2v) is 6.03. The highest BCUT2D eigenvalue weighted by Crippen LogP contribution is 2.22. The lowest BCUT2D eigenvalue weighted by Crippen LogP contribution is -2.24. The Morgan fingerprint density at radius 3 is 3.12 bits per heavy atom. The van der Waals surface area contributed by atoms with E-state index in [-0.39, 0.29) is 12.6 Å². The van der Waals surface area contributed by atoms with Gasteiger partial charge in [0.2, 0.25) is 0 Å². The van der Waals surface area contributed by atoms with E-state index in [1.54, 1.807) is 0 Å². The smallest absolute Gasteiger partial charge is 0.113 e. The maximum absolute atomic E-state index is 8.24. The molecule has 2 aromatic rings. The van der Waals surface area contributed by atoms with Crippen LogP contribution in [-0.4, -0.2) is 34.2 Å². The minimum Gasteiger partial charge on any atom is -0.376 e. The maximum atomic E-state index is 8.24. The Morgan fingerprint density at radius 2 is 2.36 bits per heavy atom. The van der Waals surface area contributed by atoms with Crippen LogP contribution in [0, 0.1) is 18.8 Å². The van der Waals surface area contributed by atoms with Gasteiger partial charge in [0.25, 0.3) is 0 Å². The summed E-state index contributed by atoms with van der Waals surface area (Å²) in [5.74, 6) is 5.81. The molecule has 1 saturated heterocycles. The second kappa shape index (κ2) is 8.34. The van der Waals surface area contributed by atoms with Crippen molar-refractivity contribution >= 4 is 0 Å². The third-order valence-corrected chi connectivity index (χ3v) is 4.15. The fraction of sp³-hybridized carbons (Fsp3) is 0.444. The van der Waals surface area contributed by atoms with Crippen LogP contribution in [0.1, 0.15) is 30.4 Å². The van der Waals surface area contributed by atoms with Gasteiger partial charge < -0.3 is 4.74 Å². The van der Waals surface area contributed by atoms with Gasteiger partial charge in [0.1, 0.15) is 5.69 Å². The topological polar surface area (TPSA) is 88.7 Å². The van der Waals surface area contributed by atoms with Crippen molar-refractivity contribution in [2.75, 3.05) is 13.2 Å². The standard InChI is InChI=1S/C18H20N6O/c1-14-11-15(5-4-9-20-22-19)7-8-17(14)18-13-24(23-21-18)12-16-6-2-3-10-25-16/h7-8,11,13,16H,2-3,6,9-10,12H2,1H3. The SMILES string of the molecule is Cc1cc(C#CCN=[N+]=[N-])ccc1-c1cn(CC2CCCCO2)nn1. The first kappa shape index (κ1) is 17.0. The van der Waals surface area contributed by atoms with E-state index in [1.807, 2.05) is 36.0 Å². The number of nitrogens with zero attached hydrogens (tertiary/aromatic N) is 6. The first-order chi connectivity index (χ1) is 12.3. The summed E-state index contributed by atoms with van der Waals surface area (Å²) < 4.78 is 7.62. The van der Waals surface area contributed by atoms with E-state index in [0.717, 1.165) is 48.4 Å². The molecule has 1 unspecified atom stereocenters. The molecular weight excluding hydrogens is 316 g/mol. The molecule has 7 heteroatoms. The molecule has 1 aromatic carbocycles. The molecule has 1 aliphatic heterocycles. The molecule has 3 rings (SSSR count). The Bertz CT molecular complexity index is 835. The number of ether oxygens (including phenoxy) is 1. The molecule has 1 fully saturated rings. The first-order valence-corrected chi connectivity index (χ1v) is 8.39. The minimum atomic E-state index is 0.175. The molecule has 0 aliphatic carbocycles. The van der Waals surface area contributed by atoms with Gasteiger partial charge in [0, 0.05) is 22.6 Å². The van der Waals surface area contributed by atoms with Crippen LogP contribution in [0.15, 0.2) is 29.5 Å². The van der Waals surface area contributed by atoms with Crippen molar-refractivity contribution in [3.63, 3.8) is 0 Å². The number of azide groups is 1. The monoisotopic (exact) mass is 336 g/mol. The van der Waals surface area contributed by atoms with E-state index < -0.39 is 0 Å². The lowest BCUT2D eigenvalue weighted by atomic mass is 10.0. The normalized spacial score (nSPS) is 16.6. The number of aromatic nitrogens is 3. The number of hydrogen-bond acceptors (Lipinski definition) is 4. The van der Waals surface area contributed by atoms with Gasteiger partial charge in [-0.05, 0) is 49.4 Å². The van der Waals surface area contributed by atoms with E-state index >= 15 is 0 Å². The Balaban J connectivity index is 1.70. The van der Waals surface area contributed by atoms with Gasteiger partial charge in [0.05, 0.1) is 25.4 Å². The molecule has 128 valence electrons. The van der Waals surface area contributed by atoms with E-state index in [0.29, 0.717) is 0 Å². The summed E-state index contributed by atoms with van der Waals surface area (Å²) in [5, 5.41) is 11.9. The zero-order valence-electron chi connectivity index (χ0n) is 14.2. The maximum Gasteiger partial charge on any atom is 0.113 e. The number of rotatable bonds is 4. The molecule has 0 spiro atoms. The van der Waals surface area contributed by atoms with E-state index in [4.69, 9.17) is 10.3 Å². The molecule has 1 aliphatic rings. The molecular formula is C18H20N6O. The van der Waals surface area contributed by atoms with Crippen LogP contribution in [0.25, 0.3) is 21.7 Å². The van der Waals surface area contributed by atoms with Crippen LogP contribution in [0.3, 0.4) is 0 Å².